The molecule has 0 aliphatic carbocycles. The Kier molecular flexibility index (Phi) is 4.49. The molecule has 0 saturated carbocycles. The van der Waals surface area contributed by atoms with Crippen molar-refractivity contribution < 1.29 is 17.9 Å². The second-order valence-corrected chi connectivity index (χ2v) is 8.17. The quantitative estimate of drug-likeness (QED) is 0.912. The van der Waals surface area contributed by atoms with Crippen molar-refractivity contribution in [1.29, 1.82) is 0 Å². The molecule has 122 valence electrons. The fourth-order valence-corrected chi connectivity index (χ4v) is 4.91. The van der Waals surface area contributed by atoms with Crippen LogP contribution in [0.2, 0.25) is 5.02 Å². The fraction of sp³-hybridized carbons (Fsp3) is 0.600. The molecule has 2 atom stereocenters. The Labute approximate surface area is 136 Å². The van der Waals surface area contributed by atoms with E-state index >= 15 is 0 Å². The van der Waals surface area contributed by atoms with Crippen LogP contribution in [0.4, 0.5) is 0 Å². The van der Waals surface area contributed by atoms with Crippen LogP contribution < -0.4 is 4.72 Å². The first-order chi connectivity index (χ1) is 10.4. The molecule has 0 radical (unpaired) electrons. The van der Waals surface area contributed by atoms with Gasteiger partial charge in [0.1, 0.15) is 0 Å². The minimum absolute atomic E-state index is 0.129. The minimum Gasteiger partial charge on any atom is -0.378 e. The molecule has 0 amide bonds. The van der Waals surface area contributed by atoms with E-state index in [0.717, 1.165) is 6.42 Å². The molecule has 1 N–H and O–H groups in total. The third-order valence-corrected chi connectivity index (χ3v) is 6.22. The molecule has 0 bridgehead atoms. The molecule has 22 heavy (non-hydrogen) atoms. The van der Waals surface area contributed by atoms with Gasteiger partial charge in [0.2, 0.25) is 10.0 Å². The summed E-state index contributed by atoms with van der Waals surface area (Å²) in [5.41, 5.74) is 0.325. The third kappa shape index (κ3) is 3.31. The van der Waals surface area contributed by atoms with Crippen LogP contribution in [0.5, 0.6) is 0 Å². The fourth-order valence-electron chi connectivity index (χ4n) is 3.19. The maximum atomic E-state index is 12.6. The molecular formula is C15H20ClNO4S. The molecule has 1 aromatic rings. The lowest BCUT2D eigenvalue weighted by Gasteiger charge is -2.37. The van der Waals surface area contributed by atoms with Crippen LogP contribution in [0.3, 0.4) is 0 Å². The second-order valence-electron chi connectivity index (χ2n) is 6.05. The lowest BCUT2D eigenvalue weighted by atomic mass is 9.90. The molecule has 3 rings (SSSR count). The van der Waals surface area contributed by atoms with Gasteiger partial charge in [-0.3, -0.25) is 0 Å². The zero-order valence-electron chi connectivity index (χ0n) is 12.5. The highest BCUT2D eigenvalue weighted by molar-refractivity contribution is 7.89. The van der Waals surface area contributed by atoms with Crippen molar-refractivity contribution in [2.45, 2.75) is 42.7 Å². The number of sulfonamides is 1. The van der Waals surface area contributed by atoms with Gasteiger partial charge in [-0.15, -0.1) is 0 Å². The van der Waals surface area contributed by atoms with Gasteiger partial charge in [0, 0.05) is 30.7 Å². The molecule has 5 nitrogen and oxygen atoms in total. The summed E-state index contributed by atoms with van der Waals surface area (Å²) < 4.78 is 39.3. The van der Waals surface area contributed by atoms with Crippen LogP contribution >= 0.6 is 11.6 Å². The molecule has 2 fully saturated rings. The first kappa shape index (κ1) is 16.2. The summed E-state index contributed by atoms with van der Waals surface area (Å²) in [6.07, 6.45) is 2.15. The van der Waals surface area contributed by atoms with Crippen molar-refractivity contribution in [3.05, 3.63) is 28.8 Å². The second kappa shape index (κ2) is 6.09. The molecule has 2 heterocycles. The van der Waals surface area contributed by atoms with Gasteiger partial charge in [0.05, 0.1) is 17.1 Å². The first-order valence-electron chi connectivity index (χ1n) is 7.40. The number of benzene rings is 1. The van der Waals surface area contributed by atoms with Crippen molar-refractivity contribution >= 4 is 21.6 Å². The van der Waals surface area contributed by atoms with Crippen LogP contribution in [0.25, 0.3) is 0 Å². The van der Waals surface area contributed by atoms with Crippen molar-refractivity contribution in [2.75, 3.05) is 19.8 Å². The third-order valence-electron chi connectivity index (χ3n) is 4.31. The number of nitrogens with one attached hydrogen (secondary N) is 1. The normalized spacial score (nSPS) is 29.1. The molecule has 2 saturated heterocycles. The van der Waals surface area contributed by atoms with Crippen molar-refractivity contribution in [3.8, 4) is 0 Å². The summed E-state index contributed by atoms with van der Waals surface area (Å²) >= 11 is 5.90. The smallest absolute Gasteiger partial charge is 0.241 e. The maximum Gasteiger partial charge on any atom is 0.241 e. The molecule has 1 aromatic carbocycles. The number of ether oxygens (including phenoxy) is 2. The molecule has 0 unspecified atom stereocenters. The van der Waals surface area contributed by atoms with E-state index in [2.05, 4.69) is 4.72 Å². The Morgan fingerprint density at radius 2 is 2.18 bits per heavy atom. The average molecular weight is 346 g/mol. The first-order valence-corrected chi connectivity index (χ1v) is 9.27. The van der Waals surface area contributed by atoms with Gasteiger partial charge in [-0.05, 0) is 43.5 Å². The summed E-state index contributed by atoms with van der Waals surface area (Å²) in [6, 6.07) is 4.68. The molecule has 2 aliphatic rings. The van der Waals surface area contributed by atoms with Crippen LogP contribution in [0.1, 0.15) is 24.8 Å². The summed E-state index contributed by atoms with van der Waals surface area (Å²) in [6.45, 7) is 3.52. The van der Waals surface area contributed by atoms with Crippen LogP contribution in [0, 0.1) is 6.92 Å². The van der Waals surface area contributed by atoms with Gasteiger partial charge in [-0.1, -0.05) is 11.6 Å². The Balaban J connectivity index is 1.76. The molecule has 2 aliphatic heterocycles. The zero-order chi connectivity index (χ0) is 15.8. The van der Waals surface area contributed by atoms with Crippen molar-refractivity contribution in [3.63, 3.8) is 0 Å². The molecule has 1 spiro atoms. The monoisotopic (exact) mass is 345 g/mol. The predicted molar refractivity (Wildman–Crippen MR) is 83.7 cm³/mol. The predicted octanol–water partition coefficient (Wildman–Crippen LogP) is 2.26. The van der Waals surface area contributed by atoms with E-state index in [-0.39, 0.29) is 16.5 Å². The highest BCUT2D eigenvalue weighted by Crippen LogP contribution is 2.33. The summed E-state index contributed by atoms with van der Waals surface area (Å²) in [7, 11) is -3.56. The van der Waals surface area contributed by atoms with Crippen molar-refractivity contribution in [1.82, 2.24) is 4.72 Å². The lowest BCUT2D eigenvalue weighted by Crippen LogP contribution is -2.49. The average Bonchev–Trinajstić information content (AvgIpc) is 2.85. The summed E-state index contributed by atoms with van der Waals surface area (Å²) in [4.78, 5) is 0.278. The van der Waals surface area contributed by atoms with Crippen LogP contribution in [0.15, 0.2) is 23.1 Å². The van der Waals surface area contributed by atoms with Crippen molar-refractivity contribution in [2.24, 2.45) is 0 Å². The number of hydrogen-bond acceptors (Lipinski definition) is 4. The Hall–Kier alpha value is -0.660. The van der Waals surface area contributed by atoms with Gasteiger partial charge in [-0.25, -0.2) is 13.1 Å². The summed E-state index contributed by atoms with van der Waals surface area (Å²) in [5.74, 6) is 0. The van der Waals surface area contributed by atoms with E-state index in [1.807, 2.05) is 0 Å². The van der Waals surface area contributed by atoms with E-state index in [4.69, 9.17) is 21.1 Å². The van der Waals surface area contributed by atoms with Gasteiger partial charge < -0.3 is 9.47 Å². The topological polar surface area (TPSA) is 64.6 Å². The molecule has 7 heteroatoms. The zero-order valence-corrected chi connectivity index (χ0v) is 14.0. The van der Waals surface area contributed by atoms with Gasteiger partial charge in [0.25, 0.3) is 0 Å². The van der Waals surface area contributed by atoms with Gasteiger partial charge in [-0.2, -0.15) is 0 Å². The highest BCUT2D eigenvalue weighted by atomic mass is 35.5. The van der Waals surface area contributed by atoms with Gasteiger partial charge >= 0.3 is 0 Å². The van der Waals surface area contributed by atoms with E-state index < -0.39 is 10.0 Å². The number of aryl methyl sites for hydroxylation is 1. The van der Waals surface area contributed by atoms with Gasteiger partial charge in [0.15, 0.2) is 0 Å². The van der Waals surface area contributed by atoms with E-state index in [1.165, 1.54) is 0 Å². The standard InChI is InChI=1S/C15H20ClNO4S/c1-11-8-12(16)2-3-14(11)22(18,19)17-13-4-6-21-15(9-13)5-7-20-10-15/h2-3,8,13,17H,4-7,9-10H2,1H3/t13-,15+/m1/s1. The van der Waals surface area contributed by atoms with E-state index in [9.17, 15) is 8.42 Å². The molecule has 0 aromatic heterocycles. The number of hydrogen-bond donors (Lipinski definition) is 1. The van der Waals surface area contributed by atoms with E-state index in [1.54, 1.807) is 25.1 Å². The highest BCUT2D eigenvalue weighted by Gasteiger charge is 2.42. The molecular weight excluding hydrogens is 326 g/mol. The maximum absolute atomic E-state index is 12.6. The summed E-state index contributed by atoms with van der Waals surface area (Å²) in [5, 5.41) is 0.532. The minimum atomic E-state index is -3.56. The Morgan fingerprint density at radius 3 is 2.86 bits per heavy atom. The lowest BCUT2D eigenvalue weighted by molar-refractivity contribution is -0.0868. The van der Waals surface area contributed by atoms with Crippen LogP contribution in [-0.4, -0.2) is 39.9 Å². The largest absolute Gasteiger partial charge is 0.378 e. The van der Waals surface area contributed by atoms with E-state index in [0.29, 0.717) is 43.2 Å². The van der Waals surface area contributed by atoms with Crippen LogP contribution in [-0.2, 0) is 19.5 Å². The number of halogens is 1. The SMILES string of the molecule is Cc1cc(Cl)ccc1S(=O)(=O)N[C@@H]1CCO[C@@]2(CCOC2)C1. The number of rotatable bonds is 3. The Bertz CT molecular complexity index is 656. The Morgan fingerprint density at radius 1 is 1.36 bits per heavy atom.